The molecule has 0 radical (unpaired) electrons. The van der Waals surface area contributed by atoms with Gasteiger partial charge >= 0.3 is 0 Å². The molecule has 2 aliphatic rings. The molecule has 3 heterocycles. The van der Waals surface area contributed by atoms with Gasteiger partial charge in [0.2, 0.25) is 5.88 Å². The van der Waals surface area contributed by atoms with Gasteiger partial charge in [0.1, 0.15) is 11.8 Å². The van der Waals surface area contributed by atoms with Crippen LogP contribution in [0.2, 0.25) is 0 Å². The SMILES string of the molecule is CC1CCC(Oc2ccc3c(C(=O)CC4CCNCC4)nn(C)c3n2)C(C(C)C)C1. The number of nitrogens with zero attached hydrogens (tertiary/aromatic N) is 3. The second-order valence-electron chi connectivity index (χ2n) is 9.80. The first-order valence-corrected chi connectivity index (χ1v) is 11.7. The maximum Gasteiger partial charge on any atom is 0.215 e. The molecule has 0 aromatic carbocycles. The highest BCUT2D eigenvalue weighted by Crippen LogP contribution is 2.36. The summed E-state index contributed by atoms with van der Waals surface area (Å²) >= 11 is 0. The molecule has 2 aromatic rings. The summed E-state index contributed by atoms with van der Waals surface area (Å²) in [6.45, 7) is 8.92. The minimum Gasteiger partial charge on any atom is -0.474 e. The number of hydrogen-bond acceptors (Lipinski definition) is 5. The Bertz CT molecular complexity index is 885. The van der Waals surface area contributed by atoms with Crippen molar-refractivity contribution in [3.05, 3.63) is 17.8 Å². The van der Waals surface area contributed by atoms with Gasteiger partial charge in [0.15, 0.2) is 11.4 Å². The highest BCUT2D eigenvalue weighted by Gasteiger charge is 2.32. The van der Waals surface area contributed by atoms with E-state index in [9.17, 15) is 4.79 Å². The van der Waals surface area contributed by atoms with Gasteiger partial charge in [-0.1, -0.05) is 20.8 Å². The molecule has 30 heavy (non-hydrogen) atoms. The van der Waals surface area contributed by atoms with Crippen LogP contribution in [-0.4, -0.2) is 39.7 Å². The minimum absolute atomic E-state index is 0.129. The first kappa shape index (κ1) is 21.3. The first-order chi connectivity index (χ1) is 14.4. The van der Waals surface area contributed by atoms with E-state index in [0.717, 1.165) is 49.3 Å². The lowest BCUT2D eigenvalue weighted by molar-refractivity contribution is 0.0443. The van der Waals surface area contributed by atoms with Crippen molar-refractivity contribution in [2.45, 2.75) is 65.4 Å². The summed E-state index contributed by atoms with van der Waals surface area (Å²) < 4.78 is 8.11. The van der Waals surface area contributed by atoms with Crippen LogP contribution in [0.4, 0.5) is 0 Å². The maximum atomic E-state index is 12.9. The van der Waals surface area contributed by atoms with Gasteiger partial charge in [0.05, 0.1) is 5.39 Å². The molecule has 1 saturated heterocycles. The van der Waals surface area contributed by atoms with Crippen LogP contribution < -0.4 is 10.1 Å². The number of pyridine rings is 1. The number of Topliss-reactive ketones (excluding diaryl/α,β-unsaturated/α-hetero) is 1. The van der Waals surface area contributed by atoms with E-state index in [1.54, 1.807) is 4.68 Å². The number of nitrogens with one attached hydrogen (secondary N) is 1. The summed E-state index contributed by atoms with van der Waals surface area (Å²) in [5, 5.41) is 8.72. The monoisotopic (exact) mass is 412 g/mol. The van der Waals surface area contributed by atoms with Crippen LogP contribution in [0.3, 0.4) is 0 Å². The van der Waals surface area contributed by atoms with Crippen molar-refractivity contribution in [3.63, 3.8) is 0 Å². The molecule has 6 nitrogen and oxygen atoms in total. The molecule has 1 aliphatic heterocycles. The summed E-state index contributed by atoms with van der Waals surface area (Å²) in [7, 11) is 1.86. The average molecular weight is 413 g/mol. The Kier molecular flexibility index (Phi) is 6.42. The van der Waals surface area contributed by atoms with E-state index in [-0.39, 0.29) is 11.9 Å². The van der Waals surface area contributed by atoms with Crippen LogP contribution in [0.15, 0.2) is 12.1 Å². The van der Waals surface area contributed by atoms with Crippen LogP contribution in [0.25, 0.3) is 11.0 Å². The summed E-state index contributed by atoms with van der Waals surface area (Å²) in [4.78, 5) is 17.7. The predicted molar refractivity (Wildman–Crippen MR) is 119 cm³/mol. The van der Waals surface area contributed by atoms with Crippen molar-refractivity contribution in [2.24, 2.45) is 30.7 Å². The average Bonchev–Trinajstić information content (AvgIpc) is 3.06. The van der Waals surface area contributed by atoms with E-state index in [0.29, 0.717) is 35.7 Å². The molecule has 6 heteroatoms. The molecule has 1 N–H and O–H groups in total. The number of ketones is 1. The molecule has 2 fully saturated rings. The zero-order valence-corrected chi connectivity index (χ0v) is 18.9. The molecule has 0 spiro atoms. The van der Waals surface area contributed by atoms with Crippen LogP contribution in [0.1, 0.15) is 69.8 Å². The summed E-state index contributed by atoms with van der Waals surface area (Å²) in [5.41, 5.74) is 1.28. The van der Waals surface area contributed by atoms with E-state index >= 15 is 0 Å². The van der Waals surface area contributed by atoms with Gasteiger partial charge in [-0.3, -0.25) is 4.79 Å². The second kappa shape index (κ2) is 9.04. The molecule has 1 saturated carbocycles. The quantitative estimate of drug-likeness (QED) is 0.713. The number of rotatable bonds is 6. The summed E-state index contributed by atoms with van der Waals surface area (Å²) in [6.07, 6.45) is 6.40. The molecule has 164 valence electrons. The summed E-state index contributed by atoms with van der Waals surface area (Å²) in [6, 6.07) is 3.89. The van der Waals surface area contributed by atoms with E-state index in [1.165, 1.54) is 12.8 Å². The van der Waals surface area contributed by atoms with Crippen molar-refractivity contribution < 1.29 is 9.53 Å². The Labute approximate surface area is 179 Å². The summed E-state index contributed by atoms with van der Waals surface area (Å²) in [5.74, 6) is 3.14. The molecule has 4 rings (SSSR count). The molecule has 2 aromatic heterocycles. The number of ether oxygens (including phenoxy) is 1. The Morgan fingerprint density at radius 2 is 2.00 bits per heavy atom. The standard InChI is InChI=1S/C24H36N4O2/c1-15(2)19-13-16(3)5-7-21(19)30-22-8-6-18-23(27-28(4)24(18)26-22)20(29)14-17-9-11-25-12-10-17/h6,8,15-17,19,21,25H,5,7,9-14H2,1-4H3. The maximum absolute atomic E-state index is 12.9. The fourth-order valence-corrected chi connectivity index (χ4v) is 5.23. The Morgan fingerprint density at radius 3 is 2.73 bits per heavy atom. The van der Waals surface area contributed by atoms with E-state index in [1.807, 2.05) is 19.2 Å². The van der Waals surface area contributed by atoms with Crippen molar-refractivity contribution in [1.29, 1.82) is 0 Å². The van der Waals surface area contributed by atoms with Gasteiger partial charge in [-0.25, -0.2) is 4.68 Å². The zero-order chi connectivity index (χ0) is 21.3. The van der Waals surface area contributed by atoms with Gasteiger partial charge in [-0.15, -0.1) is 0 Å². The number of carbonyl (C=O) groups is 1. The minimum atomic E-state index is 0.129. The lowest BCUT2D eigenvalue weighted by Gasteiger charge is -2.37. The number of hydrogen-bond donors (Lipinski definition) is 1. The Balaban J connectivity index is 1.52. The van der Waals surface area contributed by atoms with Crippen molar-refractivity contribution >= 4 is 16.8 Å². The first-order valence-electron chi connectivity index (χ1n) is 11.7. The largest absolute Gasteiger partial charge is 0.474 e. The van der Waals surface area contributed by atoms with E-state index in [2.05, 4.69) is 31.2 Å². The third-order valence-electron chi connectivity index (χ3n) is 7.08. The third-order valence-corrected chi connectivity index (χ3v) is 7.08. The van der Waals surface area contributed by atoms with Crippen LogP contribution in [-0.2, 0) is 7.05 Å². The van der Waals surface area contributed by atoms with Crippen LogP contribution in [0.5, 0.6) is 5.88 Å². The fourth-order valence-electron chi connectivity index (χ4n) is 5.23. The normalized spacial score (nSPS) is 25.7. The number of fused-ring (bicyclic) bond motifs is 1. The van der Waals surface area contributed by atoms with E-state index in [4.69, 9.17) is 9.72 Å². The van der Waals surface area contributed by atoms with Gasteiger partial charge in [0, 0.05) is 19.5 Å². The zero-order valence-electron chi connectivity index (χ0n) is 18.9. The molecule has 0 bridgehead atoms. The molecular weight excluding hydrogens is 376 g/mol. The van der Waals surface area contributed by atoms with Crippen LogP contribution in [0, 0.1) is 23.7 Å². The van der Waals surface area contributed by atoms with Gasteiger partial charge in [-0.2, -0.15) is 10.1 Å². The number of aromatic nitrogens is 3. The van der Waals surface area contributed by atoms with Crippen LogP contribution >= 0.6 is 0 Å². The number of piperidine rings is 1. The Hall–Kier alpha value is -1.95. The highest BCUT2D eigenvalue weighted by atomic mass is 16.5. The lowest BCUT2D eigenvalue weighted by atomic mass is 9.75. The third kappa shape index (κ3) is 4.53. The van der Waals surface area contributed by atoms with Gasteiger partial charge < -0.3 is 10.1 Å². The predicted octanol–water partition coefficient (Wildman–Crippen LogP) is 4.38. The molecular formula is C24H36N4O2. The Morgan fingerprint density at radius 1 is 1.23 bits per heavy atom. The second-order valence-corrected chi connectivity index (χ2v) is 9.80. The topological polar surface area (TPSA) is 69.0 Å². The number of carbonyl (C=O) groups excluding carboxylic acids is 1. The number of aryl methyl sites for hydroxylation is 1. The van der Waals surface area contributed by atoms with E-state index < -0.39 is 0 Å². The molecule has 0 amide bonds. The molecule has 1 aliphatic carbocycles. The molecule has 3 atom stereocenters. The van der Waals surface area contributed by atoms with Crippen molar-refractivity contribution in [2.75, 3.05) is 13.1 Å². The van der Waals surface area contributed by atoms with Crippen molar-refractivity contribution in [3.8, 4) is 5.88 Å². The smallest absolute Gasteiger partial charge is 0.215 e. The molecule has 3 unspecified atom stereocenters. The van der Waals surface area contributed by atoms with Gasteiger partial charge in [-0.05, 0) is 74.9 Å². The lowest BCUT2D eigenvalue weighted by Crippen LogP contribution is -2.36. The highest BCUT2D eigenvalue weighted by molar-refractivity contribution is 6.05. The van der Waals surface area contributed by atoms with Gasteiger partial charge in [0.25, 0.3) is 0 Å². The van der Waals surface area contributed by atoms with Crippen molar-refractivity contribution in [1.82, 2.24) is 20.1 Å². The fraction of sp³-hybridized carbons (Fsp3) is 0.708.